The van der Waals surface area contributed by atoms with Gasteiger partial charge in [-0.25, -0.2) is 0 Å². The molecule has 16 heavy (non-hydrogen) atoms. The molecule has 0 aromatic heterocycles. The third-order valence-corrected chi connectivity index (χ3v) is 5.37. The van der Waals surface area contributed by atoms with Crippen LogP contribution in [0.4, 0.5) is 0 Å². The van der Waals surface area contributed by atoms with Crippen LogP contribution in [0.3, 0.4) is 0 Å². The molecule has 2 radical (unpaired) electrons. The highest BCUT2D eigenvalue weighted by molar-refractivity contribution is 9.10. The average Bonchev–Trinajstić information content (AvgIpc) is 2.28. The summed E-state index contributed by atoms with van der Waals surface area (Å²) < 4.78 is 6.60. The molecule has 0 unspecified atom stereocenters. The minimum Gasteiger partial charge on any atom is -0.322 e. The van der Waals surface area contributed by atoms with Crippen molar-refractivity contribution in [2.75, 3.05) is 6.61 Å². The summed E-state index contributed by atoms with van der Waals surface area (Å²) in [6.45, 7) is 2.93. The van der Waals surface area contributed by atoms with E-state index in [0.717, 1.165) is 31.2 Å². The van der Waals surface area contributed by atoms with Gasteiger partial charge in [0.15, 0.2) is 8.67 Å². The Labute approximate surface area is 117 Å². The van der Waals surface area contributed by atoms with E-state index in [1.165, 1.54) is 18.0 Å². The summed E-state index contributed by atoms with van der Waals surface area (Å²) >= 11 is 11.0. The first-order chi connectivity index (χ1) is 7.74. The van der Waals surface area contributed by atoms with Gasteiger partial charge in [-0.05, 0) is 47.7 Å². The lowest BCUT2D eigenvalue weighted by Crippen LogP contribution is -1.96. The van der Waals surface area contributed by atoms with E-state index >= 15 is 0 Å². The van der Waals surface area contributed by atoms with Crippen LogP contribution >= 0.6 is 39.0 Å². The van der Waals surface area contributed by atoms with Gasteiger partial charge >= 0.3 is 0 Å². The minimum atomic E-state index is 0.736. The fourth-order valence-electron chi connectivity index (χ4n) is 1.11. The van der Waals surface area contributed by atoms with Crippen LogP contribution in [0.2, 0.25) is 11.1 Å². The molecule has 0 aliphatic rings. The molecule has 0 saturated heterocycles. The number of benzene rings is 1. The van der Waals surface area contributed by atoms with Crippen LogP contribution in [-0.4, -0.2) is 15.3 Å². The maximum Gasteiger partial charge on any atom is 0.163 e. The Bertz CT molecular complexity index is 325. The Hall–Kier alpha value is 0.517. The van der Waals surface area contributed by atoms with Crippen LogP contribution < -0.4 is 0 Å². The molecule has 0 aliphatic carbocycles. The number of halogens is 2. The van der Waals surface area contributed by atoms with E-state index in [4.69, 9.17) is 15.8 Å². The third kappa shape index (κ3) is 5.73. The predicted octanol–water partition coefficient (Wildman–Crippen LogP) is 4.76. The lowest BCUT2D eigenvalue weighted by molar-refractivity contribution is 0.384. The van der Waals surface area contributed by atoms with Crippen LogP contribution in [0.15, 0.2) is 22.7 Å². The summed E-state index contributed by atoms with van der Waals surface area (Å²) in [6.07, 6.45) is 2.12. The zero-order valence-electron chi connectivity index (χ0n) is 9.13. The van der Waals surface area contributed by atoms with Crippen LogP contribution in [0, 0.1) is 0 Å². The van der Waals surface area contributed by atoms with E-state index in [-0.39, 0.29) is 0 Å². The summed E-state index contributed by atoms with van der Waals surface area (Å²) in [5.74, 6) is 0. The third-order valence-electron chi connectivity index (χ3n) is 1.93. The molecule has 0 spiro atoms. The zero-order valence-corrected chi connectivity index (χ0v) is 13.3. The first-order valence-corrected chi connectivity index (χ1v) is 9.03. The Morgan fingerprint density at radius 3 is 3.06 bits per heavy atom. The molecule has 0 fully saturated rings. The molecule has 1 nitrogen and oxygen atoms in total. The minimum absolute atomic E-state index is 0.736. The topological polar surface area (TPSA) is 9.23 Å². The summed E-state index contributed by atoms with van der Waals surface area (Å²) in [5.41, 5.74) is 1.20. The highest BCUT2D eigenvalue weighted by Crippen LogP contribution is 2.22. The quantitative estimate of drug-likeness (QED) is 0.403. The molecule has 0 N–H and O–H groups in total. The number of hydrogen-bond donors (Lipinski definition) is 0. The summed E-state index contributed by atoms with van der Waals surface area (Å²) in [6, 6.07) is 7.08. The Balaban J connectivity index is 2.23. The van der Waals surface area contributed by atoms with Gasteiger partial charge in [-0.15, -0.1) is 0 Å². The van der Waals surface area contributed by atoms with Crippen molar-refractivity contribution in [2.45, 2.75) is 25.8 Å². The second-order valence-electron chi connectivity index (χ2n) is 3.29. The highest BCUT2D eigenvalue weighted by atomic mass is 79.9. The van der Waals surface area contributed by atoms with Crippen LogP contribution in [0.5, 0.6) is 0 Å². The molecular weight excluding hydrogens is 324 g/mol. The van der Waals surface area contributed by atoms with Gasteiger partial charge in [0.05, 0.1) is 6.61 Å². The van der Waals surface area contributed by atoms with E-state index in [2.05, 4.69) is 22.9 Å². The Kier molecular flexibility index (Phi) is 7.82. The maximum absolute atomic E-state index is 5.93. The van der Waals surface area contributed by atoms with Gasteiger partial charge in [-0.1, -0.05) is 40.9 Å². The van der Waals surface area contributed by atoms with Crippen molar-refractivity contribution < 1.29 is 4.18 Å². The first kappa shape index (κ1) is 14.6. The lowest BCUT2D eigenvalue weighted by Gasteiger charge is -2.05. The van der Waals surface area contributed by atoms with Crippen molar-refractivity contribution in [3.8, 4) is 0 Å². The molecule has 0 bridgehead atoms. The average molecular weight is 338 g/mol. The monoisotopic (exact) mass is 336 g/mol. The SMILES string of the molecule is CCC[Si]SOCCc1cc(Cl)ccc1Br. The molecule has 5 heteroatoms. The van der Waals surface area contributed by atoms with Crippen LogP contribution in [0.1, 0.15) is 18.9 Å². The van der Waals surface area contributed by atoms with Crippen molar-refractivity contribution in [1.82, 2.24) is 0 Å². The fourth-order valence-corrected chi connectivity index (χ4v) is 3.65. The van der Waals surface area contributed by atoms with Gasteiger partial charge < -0.3 is 4.18 Å². The summed E-state index contributed by atoms with van der Waals surface area (Å²) in [7, 11) is 0.851. The fraction of sp³-hybridized carbons (Fsp3) is 0.455. The second-order valence-corrected chi connectivity index (χ2v) is 7.13. The van der Waals surface area contributed by atoms with Crippen LogP contribution in [0.25, 0.3) is 0 Å². The molecule has 1 aromatic carbocycles. The molecule has 0 atom stereocenters. The van der Waals surface area contributed by atoms with Gasteiger partial charge in [-0.3, -0.25) is 0 Å². The van der Waals surface area contributed by atoms with Crippen molar-refractivity contribution in [3.63, 3.8) is 0 Å². The molecule has 1 aromatic rings. The van der Waals surface area contributed by atoms with E-state index < -0.39 is 0 Å². The normalized spacial score (nSPS) is 10.7. The first-order valence-electron chi connectivity index (χ1n) is 5.19. The predicted molar refractivity (Wildman–Crippen MR) is 77.3 cm³/mol. The van der Waals surface area contributed by atoms with Gasteiger partial charge in [0.1, 0.15) is 0 Å². The Morgan fingerprint density at radius 2 is 2.31 bits per heavy atom. The number of rotatable bonds is 7. The van der Waals surface area contributed by atoms with Crippen molar-refractivity contribution >= 4 is 47.7 Å². The zero-order chi connectivity index (χ0) is 11.8. The smallest absolute Gasteiger partial charge is 0.163 e. The molecular formula is C11H14BrClOSSi. The van der Waals surface area contributed by atoms with Gasteiger partial charge in [0.25, 0.3) is 0 Å². The molecule has 0 amide bonds. The molecule has 0 heterocycles. The summed E-state index contributed by atoms with van der Waals surface area (Å²) in [4.78, 5) is 0. The lowest BCUT2D eigenvalue weighted by atomic mass is 10.2. The van der Waals surface area contributed by atoms with E-state index in [1.807, 2.05) is 18.2 Å². The molecule has 0 saturated carbocycles. The number of hydrogen-bond acceptors (Lipinski definition) is 2. The van der Waals surface area contributed by atoms with Gasteiger partial charge in [0, 0.05) is 9.50 Å². The largest absolute Gasteiger partial charge is 0.322 e. The Morgan fingerprint density at radius 1 is 1.50 bits per heavy atom. The van der Waals surface area contributed by atoms with Crippen molar-refractivity contribution in [2.24, 2.45) is 0 Å². The van der Waals surface area contributed by atoms with Gasteiger partial charge in [-0.2, -0.15) is 0 Å². The molecule has 1 rings (SSSR count). The molecule has 88 valence electrons. The van der Waals surface area contributed by atoms with Gasteiger partial charge in [0.2, 0.25) is 0 Å². The second kappa shape index (κ2) is 8.58. The van der Waals surface area contributed by atoms with E-state index in [0.29, 0.717) is 0 Å². The van der Waals surface area contributed by atoms with E-state index in [1.54, 1.807) is 11.5 Å². The highest BCUT2D eigenvalue weighted by Gasteiger charge is 2.01. The summed E-state index contributed by atoms with van der Waals surface area (Å²) in [5, 5.41) is 0.777. The maximum atomic E-state index is 5.93. The van der Waals surface area contributed by atoms with Crippen LogP contribution in [-0.2, 0) is 10.6 Å². The molecule has 0 aliphatic heterocycles. The van der Waals surface area contributed by atoms with Crippen molar-refractivity contribution in [1.29, 1.82) is 0 Å². The van der Waals surface area contributed by atoms with Crippen molar-refractivity contribution in [3.05, 3.63) is 33.3 Å². The van der Waals surface area contributed by atoms with E-state index in [9.17, 15) is 0 Å². The standard InChI is InChI=1S/C11H14BrClOSSi/c1-2-7-16-15-14-6-5-9-8-10(13)3-4-11(9)12/h3-4,8H,2,5-7H2,1H3.